The molecule has 0 atom stereocenters. The normalized spacial score (nSPS) is 10.6. The lowest BCUT2D eigenvalue weighted by Crippen LogP contribution is -2.26. The average Bonchev–Trinajstić information content (AvgIpc) is 3.14. The van der Waals surface area contributed by atoms with Crippen LogP contribution in [-0.2, 0) is 4.79 Å². The number of carbonyl (C=O) groups excluding carboxylic acids is 1. The lowest BCUT2D eigenvalue weighted by molar-refractivity contribution is -0.118. The molecule has 2 aromatic rings. The Balaban J connectivity index is 1.85. The molecule has 0 unspecified atom stereocenters. The van der Waals surface area contributed by atoms with Crippen LogP contribution in [0.2, 0.25) is 0 Å². The van der Waals surface area contributed by atoms with E-state index in [1.54, 1.807) is 26.4 Å². The number of amides is 1. The third-order valence-electron chi connectivity index (χ3n) is 3.72. The zero-order valence-electron chi connectivity index (χ0n) is 15.4. The molecule has 26 heavy (non-hydrogen) atoms. The number of aromatic nitrogens is 2. The summed E-state index contributed by atoms with van der Waals surface area (Å²) in [5, 5.41) is 11.3. The zero-order chi connectivity index (χ0) is 18.8. The van der Waals surface area contributed by atoms with Gasteiger partial charge in [0, 0.05) is 12.1 Å². The molecule has 0 bridgehead atoms. The second-order valence-electron chi connectivity index (χ2n) is 5.64. The molecule has 0 saturated carbocycles. The molecule has 0 aliphatic rings. The van der Waals surface area contributed by atoms with Crippen LogP contribution >= 0.6 is 11.8 Å². The van der Waals surface area contributed by atoms with Crippen LogP contribution in [0.3, 0.4) is 0 Å². The molecule has 1 heterocycles. The second-order valence-corrected chi connectivity index (χ2v) is 6.57. The smallest absolute Gasteiger partial charge is 0.277 e. The topological polar surface area (TPSA) is 86.5 Å². The van der Waals surface area contributed by atoms with Gasteiger partial charge in [0.2, 0.25) is 11.8 Å². The highest BCUT2D eigenvalue weighted by atomic mass is 32.2. The molecule has 0 spiro atoms. The van der Waals surface area contributed by atoms with Gasteiger partial charge in [-0.2, -0.15) is 0 Å². The fourth-order valence-electron chi connectivity index (χ4n) is 2.31. The maximum Gasteiger partial charge on any atom is 0.277 e. The Kier molecular flexibility index (Phi) is 8.27. The highest BCUT2D eigenvalue weighted by Crippen LogP contribution is 2.32. The van der Waals surface area contributed by atoms with Crippen molar-refractivity contribution in [3.63, 3.8) is 0 Å². The molecule has 142 valence electrons. The molecule has 0 fully saturated rings. The Morgan fingerprint density at radius 1 is 1.15 bits per heavy atom. The van der Waals surface area contributed by atoms with Crippen LogP contribution < -0.4 is 14.8 Å². The van der Waals surface area contributed by atoms with Crippen LogP contribution in [0.5, 0.6) is 11.5 Å². The minimum Gasteiger partial charge on any atom is -0.493 e. The van der Waals surface area contributed by atoms with E-state index in [0.29, 0.717) is 29.2 Å². The van der Waals surface area contributed by atoms with Crippen LogP contribution in [0.15, 0.2) is 27.8 Å². The summed E-state index contributed by atoms with van der Waals surface area (Å²) in [5.41, 5.74) is 0.724. The van der Waals surface area contributed by atoms with Gasteiger partial charge >= 0.3 is 0 Å². The van der Waals surface area contributed by atoms with E-state index in [9.17, 15) is 4.79 Å². The highest BCUT2D eigenvalue weighted by molar-refractivity contribution is 7.99. The number of carbonyl (C=O) groups is 1. The van der Waals surface area contributed by atoms with Gasteiger partial charge in [0.1, 0.15) is 0 Å². The van der Waals surface area contributed by atoms with Gasteiger partial charge < -0.3 is 19.2 Å². The van der Waals surface area contributed by atoms with Crippen molar-refractivity contribution in [3.05, 3.63) is 18.2 Å². The van der Waals surface area contributed by atoms with E-state index < -0.39 is 0 Å². The average molecular weight is 379 g/mol. The Hall–Kier alpha value is -2.22. The van der Waals surface area contributed by atoms with E-state index in [-0.39, 0.29) is 11.7 Å². The van der Waals surface area contributed by atoms with E-state index >= 15 is 0 Å². The molecule has 0 radical (unpaired) electrons. The van der Waals surface area contributed by atoms with Crippen molar-refractivity contribution in [1.82, 2.24) is 15.5 Å². The van der Waals surface area contributed by atoms with Gasteiger partial charge in [0.25, 0.3) is 5.22 Å². The summed E-state index contributed by atoms with van der Waals surface area (Å²) in [6, 6.07) is 5.35. The first-order valence-corrected chi connectivity index (χ1v) is 9.61. The Morgan fingerprint density at radius 2 is 1.96 bits per heavy atom. The number of methoxy groups -OCH3 is 2. The van der Waals surface area contributed by atoms with Crippen molar-refractivity contribution >= 4 is 17.7 Å². The number of hydrogen-bond acceptors (Lipinski definition) is 7. The fourth-order valence-corrected chi connectivity index (χ4v) is 2.90. The first-order chi connectivity index (χ1) is 12.7. The number of unbranched alkanes of at least 4 members (excludes halogenated alkanes) is 3. The van der Waals surface area contributed by atoms with Crippen molar-refractivity contribution in [3.8, 4) is 23.0 Å². The van der Waals surface area contributed by atoms with E-state index in [2.05, 4.69) is 22.4 Å². The molecule has 7 nitrogen and oxygen atoms in total. The van der Waals surface area contributed by atoms with Gasteiger partial charge in [-0.3, -0.25) is 4.79 Å². The third kappa shape index (κ3) is 5.94. The Labute approximate surface area is 157 Å². The number of nitrogens with one attached hydrogen (secondary N) is 1. The zero-order valence-corrected chi connectivity index (χ0v) is 16.2. The summed E-state index contributed by atoms with van der Waals surface area (Å²) < 4.78 is 16.1. The SMILES string of the molecule is CCCCCCNC(=O)CSc1nnc(-c2ccc(OC)c(OC)c2)o1. The lowest BCUT2D eigenvalue weighted by atomic mass is 10.2. The molecule has 2 rings (SSSR count). The number of hydrogen-bond donors (Lipinski definition) is 1. The first kappa shape index (κ1) is 20.1. The quantitative estimate of drug-likeness (QED) is 0.472. The number of nitrogens with zero attached hydrogens (tertiary/aromatic N) is 2. The summed E-state index contributed by atoms with van der Waals surface area (Å²) in [6.07, 6.45) is 4.53. The van der Waals surface area contributed by atoms with Crippen molar-refractivity contribution in [1.29, 1.82) is 0 Å². The van der Waals surface area contributed by atoms with Crippen LogP contribution in [0.4, 0.5) is 0 Å². The number of ether oxygens (including phenoxy) is 2. The standard InChI is InChI=1S/C18H25N3O4S/c1-4-5-6-7-10-19-16(22)12-26-18-21-20-17(25-18)13-8-9-14(23-2)15(11-13)24-3/h8-9,11H,4-7,10,12H2,1-3H3,(H,19,22). The van der Waals surface area contributed by atoms with Crippen molar-refractivity contribution in [2.24, 2.45) is 0 Å². The van der Waals surface area contributed by atoms with Gasteiger partial charge in [-0.15, -0.1) is 10.2 Å². The van der Waals surface area contributed by atoms with Crippen LogP contribution in [0.1, 0.15) is 32.6 Å². The largest absolute Gasteiger partial charge is 0.493 e. The summed E-state index contributed by atoms with van der Waals surface area (Å²) in [5.74, 6) is 1.80. The summed E-state index contributed by atoms with van der Waals surface area (Å²) in [4.78, 5) is 11.8. The van der Waals surface area contributed by atoms with E-state index in [1.807, 2.05) is 6.07 Å². The molecule has 1 amide bonds. The van der Waals surface area contributed by atoms with Crippen molar-refractivity contribution < 1.29 is 18.7 Å². The van der Waals surface area contributed by atoms with E-state index in [1.165, 1.54) is 24.6 Å². The summed E-state index contributed by atoms with van der Waals surface area (Å²) >= 11 is 1.22. The van der Waals surface area contributed by atoms with Gasteiger partial charge in [0.15, 0.2) is 11.5 Å². The van der Waals surface area contributed by atoms with Crippen LogP contribution in [0, 0.1) is 0 Å². The second kappa shape index (κ2) is 10.7. The monoisotopic (exact) mass is 379 g/mol. The van der Waals surface area contributed by atoms with Gasteiger partial charge in [-0.25, -0.2) is 0 Å². The van der Waals surface area contributed by atoms with E-state index in [4.69, 9.17) is 13.9 Å². The number of benzene rings is 1. The highest BCUT2D eigenvalue weighted by Gasteiger charge is 2.13. The lowest BCUT2D eigenvalue weighted by Gasteiger charge is -2.07. The van der Waals surface area contributed by atoms with Gasteiger partial charge in [-0.05, 0) is 24.6 Å². The molecule has 0 aliphatic heterocycles. The Bertz CT molecular complexity index is 705. The minimum atomic E-state index is -0.0302. The molecule has 0 aliphatic carbocycles. The predicted molar refractivity (Wildman–Crippen MR) is 101 cm³/mol. The van der Waals surface area contributed by atoms with Crippen LogP contribution in [-0.4, -0.2) is 42.6 Å². The number of rotatable bonds is 11. The molecule has 8 heteroatoms. The Morgan fingerprint density at radius 3 is 2.69 bits per heavy atom. The minimum absolute atomic E-state index is 0.0302. The molecule has 0 saturated heterocycles. The molecular weight excluding hydrogens is 354 g/mol. The van der Waals surface area contributed by atoms with E-state index in [0.717, 1.165) is 18.4 Å². The van der Waals surface area contributed by atoms with Crippen LogP contribution in [0.25, 0.3) is 11.5 Å². The van der Waals surface area contributed by atoms with Crippen molar-refractivity contribution in [2.75, 3.05) is 26.5 Å². The maximum atomic E-state index is 11.8. The first-order valence-electron chi connectivity index (χ1n) is 8.63. The third-order valence-corrected chi connectivity index (χ3v) is 4.53. The van der Waals surface area contributed by atoms with Crippen molar-refractivity contribution in [2.45, 2.75) is 37.8 Å². The molecule has 1 N–H and O–H groups in total. The molecule has 1 aromatic heterocycles. The predicted octanol–water partition coefficient (Wildman–Crippen LogP) is 3.54. The maximum absolute atomic E-state index is 11.8. The summed E-state index contributed by atoms with van der Waals surface area (Å²) in [7, 11) is 3.14. The molecule has 1 aromatic carbocycles. The van der Waals surface area contributed by atoms with Gasteiger partial charge in [0.05, 0.1) is 20.0 Å². The van der Waals surface area contributed by atoms with Gasteiger partial charge in [-0.1, -0.05) is 37.9 Å². The molecular formula is C18H25N3O4S. The fraction of sp³-hybridized carbons (Fsp3) is 0.500. The summed E-state index contributed by atoms with van der Waals surface area (Å²) in [6.45, 7) is 2.87. The number of thioether (sulfide) groups is 1.